The largest absolute Gasteiger partial charge is 0.350 e. The molecule has 0 aliphatic carbocycles. The number of rotatable bonds is 10. The van der Waals surface area contributed by atoms with Crippen molar-refractivity contribution < 1.29 is 9.47 Å². The van der Waals surface area contributed by atoms with Gasteiger partial charge in [0.1, 0.15) is 0 Å². The van der Waals surface area contributed by atoms with Gasteiger partial charge in [0.25, 0.3) is 0 Å². The number of ether oxygens (including phenoxy) is 2. The molecule has 1 aromatic carbocycles. The second kappa shape index (κ2) is 9.75. The highest BCUT2D eigenvalue weighted by atomic mass is 16.7. The molecule has 21 heavy (non-hydrogen) atoms. The molecular formula is C19H28O2. The zero-order valence-electron chi connectivity index (χ0n) is 13.0. The van der Waals surface area contributed by atoms with Crippen LogP contribution in [0.15, 0.2) is 43.0 Å². The van der Waals surface area contributed by atoms with Crippen LogP contribution in [0.3, 0.4) is 0 Å². The van der Waals surface area contributed by atoms with Crippen molar-refractivity contribution in [1.29, 1.82) is 0 Å². The molecule has 1 saturated heterocycles. The molecule has 2 atom stereocenters. The van der Waals surface area contributed by atoms with E-state index in [1.807, 2.05) is 6.08 Å². The first kappa shape index (κ1) is 16.3. The first-order valence-corrected chi connectivity index (χ1v) is 8.30. The molecule has 1 heterocycles. The molecule has 0 aromatic heterocycles. The minimum Gasteiger partial charge on any atom is -0.350 e. The van der Waals surface area contributed by atoms with Gasteiger partial charge in [-0.25, -0.2) is 0 Å². The summed E-state index contributed by atoms with van der Waals surface area (Å²) < 4.78 is 11.7. The Kier molecular flexibility index (Phi) is 7.55. The Morgan fingerprint density at radius 2 is 1.86 bits per heavy atom. The van der Waals surface area contributed by atoms with E-state index >= 15 is 0 Å². The quantitative estimate of drug-likeness (QED) is 0.451. The molecule has 2 heteroatoms. The van der Waals surface area contributed by atoms with Crippen molar-refractivity contribution in [2.75, 3.05) is 6.61 Å². The maximum Gasteiger partial charge on any atom is 0.158 e. The molecule has 116 valence electrons. The van der Waals surface area contributed by atoms with Crippen LogP contribution in [0.1, 0.15) is 50.5 Å². The van der Waals surface area contributed by atoms with E-state index in [1.165, 1.54) is 31.2 Å². The van der Waals surface area contributed by atoms with Crippen molar-refractivity contribution >= 4 is 0 Å². The summed E-state index contributed by atoms with van der Waals surface area (Å²) in [4.78, 5) is 0. The lowest BCUT2D eigenvalue weighted by Crippen LogP contribution is -2.13. The van der Waals surface area contributed by atoms with Crippen molar-refractivity contribution in [3.8, 4) is 0 Å². The molecule has 1 aromatic rings. The Balaban J connectivity index is 1.53. The van der Waals surface area contributed by atoms with Crippen LogP contribution in [-0.4, -0.2) is 19.0 Å². The number of unbranched alkanes of at least 4 members (excludes halogenated alkanes) is 4. The maximum atomic E-state index is 5.97. The third-order valence-electron chi connectivity index (χ3n) is 4.01. The van der Waals surface area contributed by atoms with Gasteiger partial charge in [0, 0.05) is 6.42 Å². The summed E-state index contributed by atoms with van der Waals surface area (Å²) in [5.74, 6) is 0. The molecule has 1 aliphatic rings. The topological polar surface area (TPSA) is 18.5 Å². The number of hydrogen-bond acceptors (Lipinski definition) is 2. The lowest BCUT2D eigenvalue weighted by Gasteiger charge is -2.11. The van der Waals surface area contributed by atoms with Gasteiger partial charge in [0.05, 0.1) is 12.7 Å². The third-order valence-corrected chi connectivity index (χ3v) is 4.01. The van der Waals surface area contributed by atoms with E-state index < -0.39 is 0 Å². The Bertz CT molecular complexity index is 388. The van der Waals surface area contributed by atoms with Crippen LogP contribution in [0.4, 0.5) is 0 Å². The molecule has 0 radical (unpaired) electrons. The number of hydrogen-bond donors (Lipinski definition) is 0. The Morgan fingerprint density at radius 1 is 1.05 bits per heavy atom. The van der Waals surface area contributed by atoms with E-state index in [0.29, 0.717) is 6.10 Å². The van der Waals surface area contributed by atoms with E-state index in [-0.39, 0.29) is 6.29 Å². The molecule has 2 nitrogen and oxygen atoms in total. The zero-order valence-corrected chi connectivity index (χ0v) is 13.0. The second-order valence-corrected chi connectivity index (χ2v) is 5.83. The molecule has 0 amide bonds. The van der Waals surface area contributed by atoms with E-state index in [1.54, 1.807) is 0 Å². The van der Waals surface area contributed by atoms with Crippen molar-refractivity contribution in [3.63, 3.8) is 0 Å². The average molecular weight is 288 g/mol. The van der Waals surface area contributed by atoms with Gasteiger partial charge in [-0.05, 0) is 31.2 Å². The summed E-state index contributed by atoms with van der Waals surface area (Å²) in [5, 5.41) is 0. The number of aryl methyl sites for hydroxylation is 1. The molecule has 0 N–H and O–H groups in total. The Hall–Kier alpha value is -1.12. The summed E-state index contributed by atoms with van der Waals surface area (Å²) in [6.07, 6.45) is 11.7. The van der Waals surface area contributed by atoms with Crippen LogP contribution in [0.25, 0.3) is 0 Å². The van der Waals surface area contributed by atoms with E-state index in [4.69, 9.17) is 9.47 Å². The van der Waals surface area contributed by atoms with E-state index in [2.05, 4.69) is 36.9 Å². The third kappa shape index (κ3) is 6.45. The van der Waals surface area contributed by atoms with Crippen LogP contribution in [-0.2, 0) is 15.9 Å². The molecule has 0 spiro atoms. The van der Waals surface area contributed by atoms with Gasteiger partial charge < -0.3 is 9.47 Å². The number of allylic oxidation sites excluding steroid dienone is 1. The fourth-order valence-electron chi connectivity index (χ4n) is 2.75. The number of benzene rings is 1. The van der Waals surface area contributed by atoms with Crippen molar-refractivity contribution in [2.45, 2.75) is 63.8 Å². The van der Waals surface area contributed by atoms with Crippen LogP contribution in [0.2, 0.25) is 0 Å². The summed E-state index contributed by atoms with van der Waals surface area (Å²) >= 11 is 0. The van der Waals surface area contributed by atoms with Gasteiger partial charge in [-0.15, -0.1) is 6.58 Å². The molecule has 2 rings (SSSR count). The average Bonchev–Trinajstić information content (AvgIpc) is 2.98. The predicted octanol–water partition coefficient (Wildman–Crippen LogP) is 4.89. The molecule has 1 aliphatic heterocycles. The molecule has 0 saturated carbocycles. The summed E-state index contributed by atoms with van der Waals surface area (Å²) in [5.41, 5.74) is 1.36. The molecular weight excluding hydrogens is 260 g/mol. The highest BCUT2D eigenvalue weighted by Gasteiger charge is 2.24. The Labute approximate surface area is 129 Å². The smallest absolute Gasteiger partial charge is 0.158 e. The van der Waals surface area contributed by atoms with Gasteiger partial charge in [-0.1, -0.05) is 55.7 Å². The lowest BCUT2D eigenvalue weighted by molar-refractivity contribution is -0.0627. The van der Waals surface area contributed by atoms with Crippen LogP contribution in [0.5, 0.6) is 0 Å². The van der Waals surface area contributed by atoms with Crippen LogP contribution >= 0.6 is 0 Å². The summed E-state index contributed by atoms with van der Waals surface area (Å²) in [6, 6.07) is 10.5. The van der Waals surface area contributed by atoms with Crippen molar-refractivity contribution in [3.05, 3.63) is 48.6 Å². The highest BCUT2D eigenvalue weighted by Crippen LogP contribution is 2.21. The second-order valence-electron chi connectivity index (χ2n) is 5.83. The predicted molar refractivity (Wildman–Crippen MR) is 87.3 cm³/mol. The first-order chi connectivity index (χ1) is 10.4. The van der Waals surface area contributed by atoms with E-state index in [9.17, 15) is 0 Å². The first-order valence-electron chi connectivity index (χ1n) is 8.30. The van der Waals surface area contributed by atoms with Crippen LogP contribution < -0.4 is 0 Å². The van der Waals surface area contributed by atoms with Crippen molar-refractivity contribution in [1.82, 2.24) is 0 Å². The lowest BCUT2D eigenvalue weighted by atomic mass is 10.1. The van der Waals surface area contributed by atoms with Gasteiger partial charge in [0.15, 0.2) is 6.29 Å². The minimum absolute atomic E-state index is 0.00373. The Morgan fingerprint density at radius 3 is 2.67 bits per heavy atom. The maximum absolute atomic E-state index is 5.97. The molecule has 1 fully saturated rings. The van der Waals surface area contributed by atoms with Gasteiger partial charge in [0.2, 0.25) is 0 Å². The SMILES string of the molecule is C=CCCCCCCC1COC(CCc2ccccc2)O1. The molecule has 2 unspecified atom stereocenters. The van der Waals surface area contributed by atoms with Crippen molar-refractivity contribution in [2.24, 2.45) is 0 Å². The summed E-state index contributed by atoms with van der Waals surface area (Å²) in [7, 11) is 0. The fraction of sp³-hybridized carbons (Fsp3) is 0.579. The van der Waals surface area contributed by atoms with Gasteiger partial charge in [-0.2, -0.15) is 0 Å². The van der Waals surface area contributed by atoms with Gasteiger partial charge in [-0.3, -0.25) is 0 Å². The minimum atomic E-state index is -0.00373. The zero-order chi connectivity index (χ0) is 14.8. The standard InChI is InChI=1S/C19H28O2/c1-2-3-4-5-6-10-13-18-16-20-19(21-18)15-14-17-11-8-7-9-12-17/h2,7-9,11-12,18-19H,1,3-6,10,13-16H2. The van der Waals surface area contributed by atoms with E-state index in [0.717, 1.165) is 32.3 Å². The molecule has 0 bridgehead atoms. The summed E-state index contributed by atoms with van der Waals surface area (Å²) in [6.45, 7) is 4.52. The fourth-order valence-corrected chi connectivity index (χ4v) is 2.75. The monoisotopic (exact) mass is 288 g/mol. The van der Waals surface area contributed by atoms with Crippen LogP contribution in [0, 0.1) is 0 Å². The normalized spacial score (nSPS) is 21.5. The van der Waals surface area contributed by atoms with Gasteiger partial charge >= 0.3 is 0 Å². The highest BCUT2D eigenvalue weighted by molar-refractivity contribution is 5.14.